The van der Waals surface area contributed by atoms with Gasteiger partial charge in [-0.3, -0.25) is 0 Å². The maximum atomic E-state index is 11.0. The average molecular weight is 270 g/mol. The quantitative estimate of drug-likeness (QED) is 0.882. The number of carboxylic acid groups (broad SMARTS) is 1. The molecule has 4 heteroatoms. The van der Waals surface area contributed by atoms with Gasteiger partial charge in [0.05, 0.1) is 5.57 Å². The Morgan fingerprint density at radius 2 is 2.05 bits per heavy atom. The Morgan fingerprint density at radius 3 is 2.60 bits per heavy atom. The van der Waals surface area contributed by atoms with Crippen LogP contribution in [0.4, 0.5) is 5.69 Å². The summed E-state index contributed by atoms with van der Waals surface area (Å²) in [6.07, 6.45) is 5.84. The van der Waals surface area contributed by atoms with Gasteiger partial charge in [-0.1, -0.05) is 24.3 Å². The highest BCUT2D eigenvalue weighted by atomic mass is 16.4. The smallest absolute Gasteiger partial charge is 0.337 e. The normalized spacial score (nSPS) is 16.6. The van der Waals surface area contributed by atoms with E-state index in [-0.39, 0.29) is 5.57 Å². The lowest BCUT2D eigenvalue weighted by molar-refractivity contribution is -0.132. The number of anilines is 1. The van der Waals surface area contributed by atoms with Crippen molar-refractivity contribution in [1.29, 1.82) is 0 Å². The summed E-state index contributed by atoms with van der Waals surface area (Å²) in [5, 5.41) is 8.98. The van der Waals surface area contributed by atoms with Gasteiger partial charge >= 0.3 is 5.97 Å². The van der Waals surface area contributed by atoms with E-state index in [0.717, 1.165) is 17.8 Å². The predicted octanol–water partition coefficient (Wildman–Crippen LogP) is 2.65. The molecule has 0 saturated heterocycles. The summed E-state index contributed by atoms with van der Waals surface area (Å²) in [6.45, 7) is 2.90. The first-order valence-electron chi connectivity index (χ1n) is 6.54. The van der Waals surface area contributed by atoms with Crippen molar-refractivity contribution in [3.63, 3.8) is 0 Å². The van der Waals surface area contributed by atoms with Crippen LogP contribution in [0, 0.1) is 0 Å². The standard InChI is InChI=1S/C16H18N2O2/c1-2-18(13-6-4-3-5-7-13)11-12-8-9-14(16(19)20)15(17)10-12/h3-9,11H,2,10,17H2,1H3,(H,19,20). The van der Waals surface area contributed by atoms with Gasteiger partial charge in [0.2, 0.25) is 0 Å². The van der Waals surface area contributed by atoms with Crippen molar-refractivity contribution < 1.29 is 9.90 Å². The third-order valence-electron chi connectivity index (χ3n) is 3.19. The third-order valence-corrected chi connectivity index (χ3v) is 3.19. The van der Waals surface area contributed by atoms with Crippen molar-refractivity contribution in [3.05, 3.63) is 65.5 Å². The summed E-state index contributed by atoms with van der Waals surface area (Å²) in [7, 11) is 0. The van der Waals surface area contributed by atoms with Crippen LogP contribution in [0.25, 0.3) is 0 Å². The van der Waals surface area contributed by atoms with Gasteiger partial charge in [0.15, 0.2) is 0 Å². The number of allylic oxidation sites excluding steroid dienone is 2. The molecular formula is C16H18N2O2. The molecular weight excluding hydrogens is 252 g/mol. The van der Waals surface area contributed by atoms with Crippen LogP contribution in [-0.4, -0.2) is 17.6 Å². The van der Waals surface area contributed by atoms with Gasteiger partial charge in [0, 0.05) is 30.5 Å². The fourth-order valence-corrected chi connectivity index (χ4v) is 2.14. The molecule has 2 rings (SSSR count). The molecule has 0 atom stereocenters. The summed E-state index contributed by atoms with van der Waals surface area (Å²) in [5.74, 6) is -0.979. The highest BCUT2D eigenvalue weighted by Gasteiger charge is 2.15. The molecule has 0 amide bonds. The van der Waals surface area contributed by atoms with Crippen molar-refractivity contribution in [2.75, 3.05) is 11.4 Å². The molecule has 4 nitrogen and oxygen atoms in total. The lowest BCUT2D eigenvalue weighted by atomic mass is 9.99. The zero-order chi connectivity index (χ0) is 14.5. The third kappa shape index (κ3) is 3.09. The average Bonchev–Trinajstić information content (AvgIpc) is 2.45. The minimum atomic E-state index is -0.979. The number of nitrogens with zero attached hydrogens (tertiary/aromatic N) is 1. The number of carbonyl (C=O) groups is 1. The number of nitrogens with two attached hydrogens (primary N) is 1. The SMILES string of the molecule is CCN(C=C1C=CC(C(=O)O)=C(N)C1)c1ccccc1. The number of hydrogen-bond donors (Lipinski definition) is 2. The van der Waals surface area contributed by atoms with E-state index in [4.69, 9.17) is 10.8 Å². The predicted molar refractivity (Wildman–Crippen MR) is 80.2 cm³/mol. The van der Waals surface area contributed by atoms with Crippen LogP contribution in [-0.2, 0) is 4.79 Å². The largest absolute Gasteiger partial charge is 0.478 e. The molecule has 0 bridgehead atoms. The van der Waals surface area contributed by atoms with Crippen molar-refractivity contribution in [3.8, 4) is 0 Å². The molecule has 1 aromatic rings. The van der Waals surface area contributed by atoms with Crippen LogP contribution in [0.3, 0.4) is 0 Å². The van der Waals surface area contributed by atoms with Crippen LogP contribution < -0.4 is 10.6 Å². The fourth-order valence-electron chi connectivity index (χ4n) is 2.14. The maximum Gasteiger partial charge on any atom is 0.337 e. The van der Waals surface area contributed by atoms with E-state index in [9.17, 15) is 4.79 Å². The van der Waals surface area contributed by atoms with Crippen molar-refractivity contribution >= 4 is 11.7 Å². The van der Waals surface area contributed by atoms with Gasteiger partial charge in [0.1, 0.15) is 0 Å². The highest BCUT2D eigenvalue weighted by Crippen LogP contribution is 2.22. The van der Waals surface area contributed by atoms with Gasteiger partial charge in [-0.15, -0.1) is 0 Å². The molecule has 1 aliphatic carbocycles. The molecule has 0 unspecified atom stereocenters. The Kier molecular flexibility index (Phi) is 4.25. The lowest BCUT2D eigenvalue weighted by Gasteiger charge is -2.21. The number of carboxylic acids is 1. The van der Waals surface area contributed by atoms with E-state index in [1.807, 2.05) is 42.6 Å². The second-order valence-corrected chi connectivity index (χ2v) is 4.58. The van der Waals surface area contributed by atoms with Crippen LogP contribution in [0.15, 0.2) is 65.5 Å². The number of rotatable bonds is 4. The Labute approximate surface area is 118 Å². The molecule has 1 aromatic carbocycles. The zero-order valence-corrected chi connectivity index (χ0v) is 11.4. The summed E-state index contributed by atoms with van der Waals surface area (Å²) >= 11 is 0. The highest BCUT2D eigenvalue weighted by molar-refractivity contribution is 5.91. The van der Waals surface area contributed by atoms with Gasteiger partial charge in [-0.05, 0) is 30.7 Å². The van der Waals surface area contributed by atoms with Gasteiger partial charge < -0.3 is 15.7 Å². The summed E-state index contributed by atoms with van der Waals surface area (Å²) in [4.78, 5) is 13.1. The van der Waals surface area contributed by atoms with Crippen molar-refractivity contribution in [2.45, 2.75) is 13.3 Å². The minimum Gasteiger partial charge on any atom is -0.478 e. The molecule has 3 N–H and O–H groups in total. The van der Waals surface area contributed by atoms with Gasteiger partial charge in [0.25, 0.3) is 0 Å². The summed E-state index contributed by atoms with van der Waals surface area (Å²) in [5.41, 5.74) is 8.50. The van der Waals surface area contributed by atoms with Crippen LogP contribution in [0.5, 0.6) is 0 Å². The maximum absolute atomic E-state index is 11.0. The Hall–Kier alpha value is -2.49. The van der Waals surface area contributed by atoms with Crippen LogP contribution in [0.2, 0.25) is 0 Å². The monoisotopic (exact) mass is 270 g/mol. The number of aliphatic carboxylic acids is 1. The summed E-state index contributed by atoms with van der Waals surface area (Å²) < 4.78 is 0. The molecule has 0 saturated carbocycles. The molecule has 0 heterocycles. The molecule has 0 aliphatic heterocycles. The Balaban J connectivity index is 2.21. The van der Waals surface area contributed by atoms with E-state index in [1.165, 1.54) is 0 Å². The first kappa shape index (κ1) is 13.9. The molecule has 104 valence electrons. The minimum absolute atomic E-state index is 0.185. The molecule has 0 spiro atoms. The second kappa shape index (κ2) is 6.10. The Morgan fingerprint density at radius 1 is 1.35 bits per heavy atom. The molecule has 0 radical (unpaired) electrons. The van der Waals surface area contributed by atoms with E-state index in [1.54, 1.807) is 6.08 Å². The number of para-hydroxylation sites is 1. The van der Waals surface area contributed by atoms with Crippen molar-refractivity contribution in [1.82, 2.24) is 0 Å². The fraction of sp³-hybridized carbons (Fsp3) is 0.188. The Bertz CT molecular complexity index is 586. The summed E-state index contributed by atoms with van der Waals surface area (Å²) in [6, 6.07) is 10.0. The number of hydrogen-bond acceptors (Lipinski definition) is 3. The number of benzene rings is 1. The van der Waals surface area contributed by atoms with Gasteiger partial charge in [-0.25, -0.2) is 4.79 Å². The van der Waals surface area contributed by atoms with Crippen LogP contribution >= 0.6 is 0 Å². The topological polar surface area (TPSA) is 66.6 Å². The second-order valence-electron chi connectivity index (χ2n) is 4.58. The van der Waals surface area contributed by atoms with E-state index in [0.29, 0.717) is 12.1 Å². The molecule has 0 aromatic heterocycles. The van der Waals surface area contributed by atoms with E-state index < -0.39 is 5.97 Å². The molecule has 20 heavy (non-hydrogen) atoms. The molecule has 0 fully saturated rings. The van der Waals surface area contributed by atoms with E-state index >= 15 is 0 Å². The zero-order valence-electron chi connectivity index (χ0n) is 11.4. The first-order valence-corrected chi connectivity index (χ1v) is 6.54. The molecule has 1 aliphatic rings. The first-order chi connectivity index (χ1) is 9.61. The van der Waals surface area contributed by atoms with Crippen LogP contribution in [0.1, 0.15) is 13.3 Å². The van der Waals surface area contributed by atoms with E-state index in [2.05, 4.69) is 11.8 Å². The lowest BCUT2D eigenvalue weighted by Crippen LogP contribution is -2.18. The van der Waals surface area contributed by atoms with Crippen molar-refractivity contribution in [2.24, 2.45) is 5.73 Å². The van der Waals surface area contributed by atoms with Gasteiger partial charge in [-0.2, -0.15) is 0 Å².